The first kappa shape index (κ1) is 23.8. The Kier molecular flexibility index (Phi) is 6.97. The Morgan fingerprint density at radius 1 is 1.28 bits per heavy atom. The van der Waals surface area contributed by atoms with Crippen LogP contribution in [0, 0.1) is 0 Å². The minimum Gasteiger partial charge on any atom is -0.493 e. The Labute approximate surface area is 189 Å². The van der Waals surface area contributed by atoms with Gasteiger partial charge >= 0.3 is 0 Å². The summed E-state index contributed by atoms with van der Waals surface area (Å²) in [7, 11) is -1.55. The van der Waals surface area contributed by atoms with Gasteiger partial charge in [-0.25, -0.2) is 13.1 Å². The SMILES string of the molecule is C/C=C/c1ccc(OCC(=O)Nc2cc(C(C)(C)C)nn2C2CCS(=O)(=O)C2)c(OC)c1. The smallest absolute Gasteiger partial charge is 0.263 e. The summed E-state index contributed by atoms with van der Waals surface area (Å²) in [5.41, 5.74) is 1.49. The van der Waals surface area contributed by atoms with Crippen molar-refractivity contribution >= 4 is 27.6 Å². The van der Waals surface area contributed by atoms with Crippen LogP contribution in [0.1, 0.15) is 51.4 Å². The number of allylic oxidation sites excluding steroid dienone is 1. The maximum absolute atomic E-state index is 12.7. The van der Waals surface area contributed by atoms with E-state index in [1.165, 1.54) is 0 Å². The number of hydrogen-bond acceptors (Lipinski definition) is 6. The van der Waals surface area contributed by atoms with Gasteiger partial charge in [-0.15, -0.1) is 0 Å². The van der Waals surface area contributed by atoms with E-state index in [0.717, 1.165) is 11.3 Å². The number of rotatable bonds is 7. The van der Waals surface area contributed by atoms with E-state index in [-0.39, 0.29) is 35.5 Å². The quantitative estimate of drug-likeness (QED) is 0.676. The van der Waals surface area contributed by atoms with Gasteiger partial charge in [0.05, 0.1) is 30.4 Å². The molecule has 1 fully saturated rings. The second-order valence-corrected chi connectivity index (χ2v) is 11.1. The molecule has 3 rings (SSSR count). The Hall–Kier alpha value is -2.81. The van der Waals surface area contributed by atoms with Crippen molar-refractivity contribution in [1.82, 2.24) is 9.78 Å². The van der Waals surface area contributed by atoms with Gasteiger partial charge in [-0.05, 0) is 31.0 Å². The molecule has 1 atom stereocenters. The zero-order valence-corrected chi connectivity index (χ0v) is 20.0. The summed E-state index contributed by atoms with van der Waals surface area (Å²) in [6, 6.07) is 6.97. The van der Waals surface area contributed by atoms with Crippen molar-refractivity contribution in [3.05, 3.63) is 41.6 Å². The molecule has 1 aromatic heterocycles. The van der Waals surface area contributed by atoms with Crippen molar-refractivity contribution in [3.63, 3.8) is 0 Å². The molecule has 1 N–H and O–H groups in total. The predicted molar refractivity (Wildman–Crippen MR) is 125 cm³/mol. The fraction of sp³-hybridized carbons (Fsp3) is 0.478. The second-order valence-electron chi connectivity index (χ2n) is 8.91. The lowest BCUT2D eigenvalue weighted by Gasteiger charge is -2.16. The van der Waals surface area contributed by atoms with Gasteiger partial charge in [-0.3, -0.25) is 4.79 Å². The van der Waals surface area contributed by atoms with Crippen molar-refractivity contribution in [2.45, 2.75) is 45.6 Å². The van der Waals surface area contributed by atoms with Crippen LogP contribution in [0.15, 0.2) is 30.3 Å². The van der Waals surface area contributed by atoms with E-state index in [0.29, 0.717) is 23.7 Å². The summed E-state index contributed by atoms with van der Waals surface area (Å²) in [5, 5.41) is 7.46. The Morgan fingerprint density at radius 2 is 2.03 bits per heavy atom. The number of nitrogens with one attached hydrogen (secondary N) is 1. The number of carbonyl (C=O) groups is 1. The highest BCUT2D eigenvalue weighted by Gasteiger charge is 2.33. The van der Waals surface area contributed by atoms with Crippen LogP contribution in [0.4, 0.5) is 5.82 Å². The molecule has 1 unspecified atom stereocenters. The molecule has 1 aliphatic rings. The molecule has 2 heterocycles. The summed E-state index contributed by atoms with van der Waals surface area (Å²) >= 11 is 0. The van der Waals surface area contributed by atoms with Gasteiger partial charge in [-0.2, -0.15) is 5.10 Å². The molecule has 2 aromatic rings. The van der Waals surface area contributed by atoms with Crippen LogP contribution in [0.25, 0.3) is 6.08 Å². The molecule has 1 saturated heterocycles. The molecule has 1 aliphatic heterocycles. The van der Waals surface area contributed by atoms with E-state index in [4.69, 9.17) is 9.47 Å². The van der Waals surface area contributed by atoms with Crippen LogP contribution in [-0.2, 0) is 20.0 Å². The number of hydrogen-bond donors (Lipinski definition) is 1. The third-order valence-corrected chi connectivity index (χ3v) is 6.98. The number of benzene rings is 1. The number of methoxy groups -OCH3 is 1. The predicted octanol–water partition coefficient (Wildman–Crippen LogP) is 3.60. The minimum absolute atomic E-state index is 0.0212. The molecule has 8 nitrogen and oxygen atoms in total. The molecule has 9 heteroatoms. The van der Waals surface area contributed by atoms with Crippen LogP contribution in [0.5, 0.6) is 11.5 Å². The first-order valence-electron chi connectivity index (χ1n) is 10.6. The molecule has 1 amide bonds. The highest BCUT2D eigenvalue weighted by molar-refractivity contribution is 7.91. The first-order valence-corrected chi connectivity index (χ1v) is 12.4. The highest BCUT2D eigenvalue weighted by atomic mass is 32.2. The van der Waals surface area contributed by atoms with Crippen molar-refractivity contribution in [1.29, 1.82) is 0 Å². The molecule has 32 heavy (non-hydrogen) atoms. The van der Waals surface area contributed by atoms with Crippen LogP contribution in [0.2, 0.25) is 0 Å². The average molecular weight is 462 g/mol. The van der Waals surface area contributed by atoms with E-state index >= 15 is 0 Å². The van der Waals surface area contributed by atoms with Crippen LogP contribution >= 0.6 is 0 Å². The number of amides is 1. The van der Waals surface area contributed by atoms with Crippen molar-refractivity contribution in [2.75, 3.05) is 30.5 Å². The summed E-state index contributed by atoms with van der Waals surface area (Å²) < 4.78 is 36.6. The zero-order valence-electron chi connectivity index (χ0n) is 19.2. The van der Waals surface area contributed by atoms with Crippen LogP contribution in [-0.4, -0.2) is 49.3 Å². The van der Waals surface area contributed by atoms with E-state index in [1.54, 1.807) is 23.9 Å². The lowest BCUT2D eigenvalue weighted by atomic mass is 9.92. The number of carbonyl (C=O) groups excluding carboxylic acids is 1. The Balaban J connectivity index is 1.75. The molecule has 0 aliphatic carbocycles. The summed E-state index contributed by atoms with van der Waals surface area (Å²) in [6.07, 6.45) is 4.34. The molecule has 0 radical (unpaired) electrons. The van der Waals surface area contributed by atoms with Gasteiger partial charge in [0.2, 0.25) is 0 Å². The standard InChI is InChI=1S/C23H31N3O5S/c1-6-7-16-8-9-18(19(12-16)30-5)31-14-22(27)24-21-13-20(23(2,3)4)25-26(21)17-10-11-32(28,29)15-17/h6-9,12-13,17H,10-11,14-15H2,1-5H3,(H,24,27)/b7-6+. The Bertz CT molecular complexity index is 1110. The summed E-state index contributed by atoms with van der Waals surface area (Å²) in [6.45, 7) is 7.76. The third-order valence-electron chi connectivity index (χ3n) is 5.23. The molecule has 0 saturated carbocycles. The minimum atomic E-state index is -3.09. The Morgan fingerprint density at radius 3 is 2.62 bits per heavy atom. The lowest BCUT2D eigenvalue weighted by molar-refractivity contribution is -0.118. The van der Waals surface area contributed by atoms with E-state index in [2.05, 4.69) is 10.4 Å². The molecule has 174 valence electrons. The topological polar surface area (TPSA) is 99.5 Å². The van der Waals surface area contributed by atoms with E-state index in [9.17, 15) is 13.2 Å². The number of nitrogens with zero attached hydrogens (tertiary/aromatic N) is 2. The van der Waals surface area contributed by atoms with Crippen molar-refractivity contribution in [2.24, 2.45) is 0 Å². The maximum Gasteiger partial charge on any atom is 0.263 e. The van der Waals surface area contributed by atoms with Crippen LogP contribution in [0.3, 0.4) is 0 Å². The van der Waals surface area contributed by atoms with Gasteiger partial charge in [0.25, 0.3) is 5.91 Å². The monoisotopic (exact) mass is 461 g/mol. The molecular formula is C23H31N3O5S. The first-order chi connectivity index (χ1) is 15.0. The van der Waals surface area contributed by atoms with Gasteiger partial charge < -0.3 is 14.8 Å². The zero-order chi connectivity index (χ0) is 23.5. The van der Waals surface area contributed by atoms with E-state index < -0.39 is 9.84 Å². The summed E-state index contributed by atoms with van der Waals surface area (Å²) in [5.74, 6) is 1.24. The number of ether oxygens (including phenoxy) is 2. The van der Waals surface area contributed by atoms with Gasteiger partial charge in [0, 0.05) is 11.5 Å². The molecule has 0 bridgehead atoms. The second kappa shape index (κ2) is 9.36. The fourth-order valence-corrected chi connectivity index (χ4v) is 5.21. The lowest BCUT2D eigenvalue weighted by Crippen LogP contribution is -2.24. The number of anilines is 1. The third kappa shape index (κ3) is 5.70. The van der Waals surface area contributed by atoms with Gasteiger partial charge in [0.15, 0.2) is 27.9 Å². The van der Waals surface area contributed by atoms with Crippen molar-refractivity contribution < 1.29 is 22.7 Å². The van der Waals surface area contributed by atoms with Crippen molar-refractivity contribution in [3.8, 4) is 11.5 Å². The van der Waals surface area contributed by atoms with Gasteiger partial charge in [0.1, 0.15) is 5.82 Å². The number of sulfone groups is 1. The van der Waals surface area contributed by atoms with E-state index in [1.807, 2.05) is 52.0 Å². The van der Waals surface area contributed by atoms with Crippen LogP contribution < -0.4 is 14.8 Å². The number of aromatic nitrogens is 2. The normalized spacial score (nSPS) is 18.1. The molecule has 0 spiro atoms. The largest absolute Gasteiger partial charge is 0.493 e. The molecule has 1 aromatic carbocycles. The fourth-order valence-electron chi connectivity index (χ4n) is 3.52. The maximum atomic E-state index is 12.7. The highest BCUT2D eigenvalue weighted by Crippen LogP contribution is 2.31. The molecular weight excluding hydrogens is 430 g/mol. The average Bonchev–Trinajstić information content (AvgIpc) is 3.29. The van der Waals surface area contributed by atoms with Gasteiger partial charge in [-0.1, -0.05) is 39.0 Å². The summed E-state index contributed by atoms with van der Waals surface area (Å²) in [4.78, 5) is 12.7.